The molecule has 0 radical (unpaired) electrons. The molecule has 106 valence electrons. The SMILES string of the molecule is CCc1ccc(-c2nc(N)c(I)c(-c3ccccc3)n2)s1. The van der Waals surface area contributed by atoms with Gasteiger partial charge in [-0.05, 0) is 41.1 Å². The van der Waals surface area contributed by atoms with Crippen molar-refractivity contribution < 1.29 is 0 Å². The lowest BCUT2D eigenvalue weighted by molar-refractivity contribution is 1.18. The van der Waals surface area contributed by atoms with E-state index >= 15 is 0 Å². The lowest BCUT2D eigenvalue weighted by atomic mass is 10.1. The Morgan fingerprint density at radius 1 is 1.10 bits per heavy atom. The van der Waals surface area contributed by atoms with Gasteiger partial charge in [-0.25, -0.2) is 9.97 Å². The summed E-state index contributed by atoms with van der Waals surface area (Å²) in [6.07, 6.45) is 1.02. The molecule has 0 saturated carbocycles. The van der Waals surface area contributed by atoms with E-state index in [1.165, 1.54) is 4.88 Å². The van der Waals surface area contributed by atoms with Gasteiger partial charge < -0.3 is 5.73 Å². The Morgan fingerprint density at radius 2 is 1.86 bits per heavy atom. The summed E-state index contributed by atoms with van der Waals surface area (Å²) in [4.78, 5) is 11.6. The summed E-state index contributed by atoms with van der Waals surface area (Å²) in [5.74, 6) is 1.24. The maximum Gasteiger partial charge on any atom is 0.172 e. The molecule has 0 unspecified atom stereocenters. The summed E-state index contributed by atoms with van der Waals surface area (Å²) in [5, 5.41) is 0. The molecule has 3 aromatic rings. The monoisotopic (exact) mass is 407 g/mol. The van der Waals surface area contributed by atoms with Gasteiger partial charge in [0.2, 0.25) is 0 Å². The van der Waals surface area contributed by atoms with Gasteiger partial charge >= 0.3 is 0 Å². The minimum Gasteiger partial charge on any atom is -0.383 e. The number of aryl methyl sites for hydroxylation is 1. The molecule has 5 heteroatoms. The summed E-state index contributed by atoms with van der Waals surface area (Å²) < 4.78 is 0.898. The molecule has 2 N–H and O–H groups in total. The first-order valence-corrected chi connectivity index (χ1v) is 8.56. The van der Waals surface area contributed by atoms with Crippen LogP contribution in [0.4, 0.5) is 5.82 Å². The highest BCUT2D eigenvalue weighted by atomic mass is 127. The molecule has 0 bridgehead atoms. The van der Waals surface area contributed by atoms with Crippen molar-refractivity contribution in [3.63, 3.8) is 0 Å². The van der Waals surface area contributed by atoms with Gasteiger partial charge in [0.25, 0.3) is 0 Å². The maximum absolute atomic E-state index is 6.08. The van der Waals surface area contributed by atoms with Crippen LogP contribution >= 0.6 is 33.9 Å². The highest BCUT2D eigenvalue weighted by Gasteiger charge is 2.14. The van der Waals surface area contributed by atoms with Crippen LogP contribution in [0.3, 0.4) is 0 Å². The third kappa shape index (κ3) is 2.94. The summed E-state index contributed by atoms with van der Waals surface area (Å²) in [5.41, 5.74) is 8.03. The number of halogens is 1. The summed E-state index contributed by atoms with van der Waals surface area (Å²) in [6.45, 7) is 2.15. The Bertz CT molecular complexity index is 768. The number of benzene rings is 1. The molecule has 0 amide bonds. The smallest absolute Gasteiger partial charge is 0.172 e. The molecule has 0 fully saturated rings. The van der Waals surface area contributed by atoms with E-state index in [-0.39, 0.29) is 0 Å². The number of nitrogens with two attached hydrogens (primary N) is 1. The first-order valence-electron chi connectivity index (χ1n) is 6.66. The van der Waals surface area contributed by atoms with Crippen LogP contribution < -0.4 is 5.73 Å². The number of rotatable bonds is 3. The van der Waals surface area contributed by atoms with E-state index in [2.05, 4.69) is 46.6 Å². The molecule has 0 atom stereocenters. The zero-order valence-corrected chi connectivity index (χ0v) is 14.5. The third-order valence-electron chi connectivity index (χ3n) is 3.15. The van der Waals surface area contributed by atoms with Gasteiger partial charge in [-0.1, -0.05) is 37.3 Å². The zero-order chi connectivity index (χ0) is 14.8. The maximum atomic E-state index is 6.08. The summed E-state index contributed by atoms with van der Waals surface area (Å²) in [6, 6.07) is 14.3. The molecule has 0 aliphatic rings. The van der Waals surface area contributed by atoms with Crippen LogP contribution in [-0.2, 0) is 6.42 Å². The largest absolute Gasteiger partial charge is 0.383 e. The Balaban J connectivity index is 2.14. The minimum absolute atomic E-state index is 0.533. The number of hydrogen-bond acceptors (Lipinski definition) is 4. The van der Waals surface area contributed by atoms with Crippen molar-refractivity contribution >= 4 is 39.7 Å². The Hall–Kier alpha value is -1.47. The second-order valence-corrected chi connectivity index (χ2v) is 6.83. The number of nitrogens with zero attached hydrogens (tertiary/aromatic N) is 2. The summed E-state index contributed by atoms with van der Waals surface area (Å²) >= 11 is 3.93. The highest BCUT2D eigenvalue weighted by molar-refractivity contribution is 14.1. The van der Waals surface area contributed by atoms with Crippen molar-refractivity contribution in [2.45, 2.75) is 13.3 Å². The number of anilines is 1. The van der Waals surface area contributed by atoms with E-state index < -0.39 is 0 Å². The average Bonchev–Trinajstić information content (AvgIpc) is 3.00. The van der Waals surface area contributed by atoms with E-state index in [0.29, 0.717) is 11.6 Å². The molecular formula is C16H14IN3S. The van der Waals surface area contributed by atoms with Crippen LogP contribution in [0, 0.1) is 3.57 Å². The number of thiophene rings is 1. The van der Waals surface area contributed by atoms with Crippen LogP contribution in [0.2, 0.25) is 0 Å². The predicted molar refractivity (Wildman–Crippen MR) is 97.3 cm³/mol. The number of aromatic nitrogens is 2. The summed E-state index contributed by atoms with van der Waals surface area (Å²) in [7, 11) is 0. The van der Waals surface area contributed by atoms with Gasteiger partial charge in [-0.15, -0.1) is 11.3 Å². The fourth-order valence-electron chi connectivity index (χ4n) is 2.05. The predicted octanol–water partition coefficient (Wildman–Crippen LogP) is 4.62. The zero-order valence-electron chi connectivity index (χ0n) is 11.5. The van der Waals surface area contributed by atoms with Crippen molar-refractivity contribution in [3.8, 4) is 22.0 Å². The van der Waals surface area contributed by atoms with E-state index in [0.717, 1.165) is 26.1 Å². The number of hydrogen-bond donors (Lipinski definition) is 1. The molecular weight excluding hydrogens is 393 g/mol. The second kappa shape index (κ2) is 6.11. The van der Waals surface area contributed by atoms with Crippen molar-refractivity contribution in [2.24, 2.45) is 0 Å². The molecule has 0 spiro atoms. The standard InChI is InChI=1S/C16H14IN3S/c1-2-11-8-9-12(21-11)16-19-14(13(17)15(18)20-16)10-6-4-3-5-7-10/h3-9H,2H2,1H3,(H2,18,19,20). The molecule has 3 nitrogen and oxygen atoms in total. The van der Waals surface area contributed by atoms with Gasteiger partial charge in [-0.3, -0.25) is 0 Å². The average molecular weight is 407 g/mol. The Labute approximate surface area is 141 Å². The van der Waals surface area contributed by atoms with E-state index in [9.17, 15) is 0 Å². The molecule has 2 aromatic heterocycles. The normalized spacial score (nSPS) is 10.8. The van der Waals surface area contributed by atoms with E-state index in [4.69, 9.17) is 10.7 Å². The van der Waals surface area contributed by atoms with Gasteiger partial charge in [0.1, 0.15) is 5.82 Å². The molecule has 0 aliphatic carbocycles. The highest BCUT2D eigenvalue weighted by Crippen LogP contribution is 2.32. The second-order valence-electron chi connectivity index (χ2n) is 4.58. The van der Waals surface area contributed by atoms with Gasteiger partial charge in [0.15, 0.2) is 5.82 Å². The van der Waals surface area contributed by atoms with Gasteiger partial charge in [-0.2, -0.15) is 0 Å². The van der Waals surface area contributed by atoms with E-state index in [1.807, 2.05) is 30.3 Å². The quantitative estimate of drug-likeness (QED) is 0.645. The van der Waals surface area contributed by atoms with Gasteiger partial charge in [0, 0.05) is 10.4 Å². The molecule has 2 heterocycles. The topological polar surface area (TPSA) is 51.8 Å². The van der Waals surface area contributed by atoms with Crippen LogP contribution in [0.15, 0.2) is 42.5 Å². The van der Waals surface area contributed by atoms with Crippen LogP contribution in [-0.4, -0.2) is 9.97 Å². The van der Waals surface area contributed by atoms with Crippen molar-refractivity contribution in [1.82, 2.24) is 9.97 Å². The van der Waals surface area contributed by atoms with Crippen LogP contribution in [0.25, 0.3) is 22.0 Å². The fourth-order valence-corrected chi connectivity index (χ4v) is 3.48. The van der Waals surface area contributed by atoms with Crippen molar-refractivity contribution in [3.05, 3.63) is 50.9 Å². The third-order valence-corrected chi connectivity index (χ3v) is 5.44. The minimum atomic E-state index is 0.533. The van der Waals surface area contributed by atoms with Crippen LogP contribution in [0.5, 0.6) is 0 Å². The number of nitrogen functional groups attached to an aromatic ring is 1. The lowest BCUT2D eigenvalue weighted by Crippen LogP contribution is -2.01. The molecule has 3 rings (SSSR count). The fraction of sp³-hybridized carbons (Fsp3) is 0.125. The first kappa shape index (κ1) is 14.5. The molecule has 21 heavy (non-hydrogen) atoms. The molecule has 0 saturated heterocycles. The molecule has 0 aliphatic heterocycles. The molecule has 1 aromatic carbocycles. The van der Waals surface area contributed by atoms with Crippen LogP contribution in [0.1, 0.15) is 11.8 Å². The van der Waals surface area contributed by atoms with E-state index in [1.54, 1.807) is 11.3 Å². The van der Waals surface area contributed by atoms with Gasteiger partial charge in [0.05, 0.1) is 14.1 Å². The Morgan fingerprint density at radius 3 is 2.52 bits per heavy atom. The first-order chi connectivity index (χ1) is 10.2. The lowest BCUT2D eigenvalue weighted by Gasteiger charge is -2.08. The van der Waals surface area contributed by atoms with Crippen molar-refractivity contribution in [2.75, 3.05) is 5.73 Å². The van der Waals surface area contributed by atoms with Crippen molar-refractivity contribution in [1.29, 1.82) is 0 Å². The Kier molecular flexibility index (Phi) is 4.21.